The molecular weight excluding hydrogens is 316 g/mol. The van der Waals surface area contributed by atoms with Crippen LogP contribution in [0.25, 0.3) is 0 Å². The first-order chi connectivity index (χ1) is 11.0. The third-order valence-electron chi connectivity index (χ3n) is 4.08. The number of halogens is 1. The third-order valence-corrected chi connectivity index (χ3v) is 4.44. The monoisotopic (exact) mass is 338 g/mol. The van der Waals surface area contributed by atoms with Crippen molar-refractivity contribution in [3.8, 4) is 5.75 Å². The van der Waals surface area contributed by atoms with Crippen LogP contribution in [0.5, 0.6) is 5.75 Å². The number of nitrogens with one attached hydrogen (secondary N) is 1. The summed E-state index contributed by atoms with van der Waals surface area (Å²) in [6.45, 7) is 3.09. The van der Waals surface area contributed by atoms with Crippen LogP contribution < -0.4 is 10.1 Å². The van der Waals surface area contributed by atoms with E-state index < -0.39 is 0 Å². The summed E-state index contributed by atoms with van der Waals surface area (Å²) in [5.41, 5.74) is 0.710. The molecule has 0 saturated carbocycles. The highest BCUT2D eigenvalue weighted by Gasteiger charge is 2.25. The Kier molecular flexibility index (Phi) is 6.28. The standard InChI is InChI=1S/C17H23ClN2O3/c1-3-16(21)19-12-6-5-9-20(11-12)17(22)10-13-14(18)7-4-8-15(13)23-2/h4,7-8,12H,3,5-6,9-11H2,1-2H3,(H,19,21). The number of piperidine rings is 1. The van der Waals surface area contributed by atoms with E-state index in [9.17, 15) is 9.59 Å². The van der Waals surface area contributed by atoms with Crippen LogP contribution >= 0.6 is 11.6 Å². The Morgan fingerprint density at radius 3 is 2.91 bits per heavy atom. The van der Waals surface area contributed by atoms with Crippen molar-refractivity contribution >= 4 is 23.4 Å². The second kappa shape index (κ2) is 8.20. The normalized spacial score (nSPS) is 17.7. The van der Waals surface area contributed by atoms with Gasteiger partial charge in [-0.3, -0.25) is 9.59 Å². The maximum Gasteiger partial charge on any atom is 0.227 e. The highest BCUT2D eigenvalue weighted by atomic mass is 35.5. The van der Waals surface area contributed by atoms with E-state index in [1.165, 1.54) is 0 Å². The number of ether oxygens (including phenoxy) is 1. The molecule has 1 heterocycles. The lowest BCUT2D eigenvalue weighted by Crippen LogP contribution is -2.49. The first-order valence-corrected chi connectivity index (χ1v) is 8.31. The molecule has 1 fully saturated rings. The Labute approximate surface area is 141 Å². The van der Waals surface area contributed by atoms with Crippen LogP contribution in [0.2, 0.25) is 5.02 Å². The Morgan fingerprint density at radius 2 is 2.22 bits per heavy atom. The number of benzene rings is 1. The van der Waals surface area contributed by atoms with Gasteiger partial charge in [-0.2, -0.15) is 0 Å². The van der Waals surface area contributed by atoms with E-state index in [1.807, 2.05) is 6.92 Å². The molecule has 6 heteroatoms. The molecule has 23 heavy (non-hydrogen) atoms. The smallest absolute Gasteiger partial charge is 0.227 e. The molecule has 1 aliphatic rings. The largest absolute Gasteiger partial charge is 0.496 e. The molecule has 1 atom stereocenters. The molecule has 5 nitrogen and oxygen atoms in total. The van der Waals surface area contributed by atoms with Crippen LogP contribution in [-0.4, -0.2) is 43.0 Å². The molecule has 1 N–H and O–H groups in total. The van der Waals surface area contributed by atoms with Crippen LogP contribution in [0.3, 0.4) is 0 Å². The fourth-order valence-electron chi connectivity index (χ4n) is 2.82. The molecule has 0 spiro atoms. The summed E-state index contributed by atoms with van der Waals surface area (Å²) in [5, 5.41) is 3.50. The molecule has 2 rings (SSSR count). The first-order valence-electron chi connectivity index (χ1n) is 7.93. The third kappa shape index (κ3) is 4.61. The number of carbonyl (C=O) groups excluding carboxylic acids is 2. The summed E-state index contributed by atoms with van der Waals surface area (Å²) in [6, 6.07) is 5.39. The van der Waals surface area contributed by atoms with Gasteiger partial charge in [0.25, 0.3) is 0 Å². The topological polar surface area (TPSA) is 58.6 Å². The fraction of sp³-hybridized carbons (Fsp3) is 0.529. The minimum Gasteiger partial charge on any atom is -0.496 e. The molecule has 1 aromatic carbocycles. The van der Waals surface area contributed by atoms with E-state index in [2.05, 4.69) is 5.32 Å². The maximum absolute atomic E-state index is 12.6. The SMILES string of the molecule is CCC(=O)NC1CCCN(C(=O)Cc2c(Cl)cccc2OC)C1. The molecule has 2 amide bonds. The number of hydrogen-bond donors (Lipinski definition) is 1. The van der Waals surface area contributed by atoms with E-state index in [-0.39, 0.29) is 24.3 Å². The molecule has 0 aromatic heterocycles. The summed E-state index contributed by atoms with van der Waals surface area (Å²) < 4.78 is 5.29. The van der Waals surface area contributed by atoms with Gasteiger partial charge in [-0.15, -0.1) is 0 Å². The number of likely N-dealkylation sites (tertiary alicyclic amines) is 1. The van der Waals surface area contributed by atoms with Crippen molar-refractivity contribution < 1.29 is 14.3 Å². The number of nitrogens with zero attached hydrogens (tertiary/aromatic N) is 1. The Hall–Kier alpha value is -1.75. The predicted molar refractivity (Wildman–Crippen MR) is 89.7 cm³/mol. The summed E-state index contributed by atoms with van der Waals surface area (Å²) in [6.07, 6.45) is 2.46. The quantitative estimate of drug-likeness (QED) is 0.897. The van der Waals surface area contributed by atoms with Crippen molar-refractivity contribution in [2.75, 3.05) is 20.2 Å². The van der Waals surface area contributed by atoms with Gasteiger partial charge >= 0.3 is 0 Å². The van der Waals surface area contributed by atoms with Gasteiger partial charge in [-0.1, -0.05) is 24.6 Å². The lowest BCUT2D eigenvalue weighted by Gasteiger charge is -2.33. The van der Waals surface area contributed by atoms with Gasteiger partial charge in [-0.05, 0) is 25.0 Å². The Bertz CT molecular complexity index is 577. The second-order valence-corrected chi connectivity index (χ2v) is 6.10. The van der Waals surface area contributed by atoms with Gasteiger partial charge in [0.05, 0.1) is 13.5 Å². The molecule has 1 aliphatic heterocycles. The predicted octanol–water partition coefficient (Wildman–Crippen LogP) is 2.41. The van der Waals surface area contributed by atoms with Crippen molar-refractivity contribution in [2.24, 2.45) is 0 Å². The molecule has 0 radical (unpaired) electrons. The Morgan fingerprint density at radius 1 is 1.43 bits per heavy atom. The number of carbonyl (C=O) groups is 2. The minimum atomic E-state index is 0.00634. The summed E-state index contributed by atoms with van der Waals surface area (Å²) in [4.78, 5) is 25.9. The number of rotatable bonds is 5. The molecule has 0 aliphatic carbocycles. The Balaban J connectivity index is 2.02. The lowest BCUT2D eigenvalue weighted by molar-refractivity contribution is -0.133. The average Bonchev–Trinajstić information content (AvgIpc) is 2.56. The van der Waals surface area contributed by atoms with Gasteiger partial charge in [0.15, 0.2) is 0 Å². The second-order valence-electron chi connectivity index (χ2n) is 5.70. The zero-order valence-corrected chi connectivity index (χ0v) is 14.4. The summed E-state index contributed by atoms with van der Waals surface area (Å²) in [5.74, 6) is 0.655. The van der Waals surface area contributed by atoms with Crippen LogP contribution in [-0.2, 0) is 16.0 Å². The van der Waals surface area contributed by atoms with Crippen LogP contribution in [0.4, 0.5) is 0 Å². The van der Waals surface area contributed by atoms with Gasteiger partial charge in [-0.25, -0.2) is 0 Å². The fourth-order valence-corrected chi connectivity index (χ4v) is 3.05. The van der Waals surface area contributed by atoms with Gasteiger partial charge in [0, 0.05) is 36.1 Å². The van der Waals surface area contributed by atoms with Crippen LogP contribution in [0.1, 0.15) is 31.7 Å². The highest BCUT2D eigenvalue weighted by Crippen LogP contribution is 2.27. The van der Waals surface area contributed by atoms with Gasteiger partial charge in [0.1, 0.15) is 5.75 Å². The molecule has 1 saturated heterocycles. The van der Waals surface area contributed by atoms with Crippen molar-refractivity contribution in [2.45, 2.75) is 38.6 Å². The molecular formula is C17H23ClN2O3. The lowest BCUT2D eigenvalue weighted by atomic mass is 10.0. The first kappa shape index (κ1) is 17.6. The van der Waals surface area contributed by atoms with E-state index in [4.69, 9.17) is 16.3 Å². The van der Waals surface area contributed by atoms with Crippen LogP contribution in [0.15, 0.2) is 18.2 Å². The number of amides is 2. The van der Waals surface area contributed by atoms with Crippen LogP contribution in [0, 0.1) is 0 Å². The van der Waals surface area contributed by atoms with E-state index in [0.29, 0.717) is 35.8 Å². The minimum absolute atomic E-state index is 0.00634. The number of methoxy groups -OCH3 is 1. The molecule has 0 bridgehead atoms. The maximum atomic E-state index is 12.6. The van der Waals surface area contributed by atoms with E-state index in [0.717, 1.165) is 12.8 Å². The van der Waals surface area contributed by atoms with Gasteiger partial charge in [0.2, 0.25) is 11.8 Å². The summed E-state index contributed by atoms with van der Waals surface area (Å²) in [7, 11) is 1.57. The van der Waals surface area contributed by atoms with Gasteiger partial charge < -0.3 is 15.0 Å². The highest BCUT2D eigenvalue weighted by molar-refractivity contribution is 6.31. The van der Waals surface area contributed by atoms with Crippen molar-refractivity contribution in [3.05, 3.63) is 28.8 Å². The van der Waals surface area contributed by atoms with E-state index >= 15 is 0 Å². The number of hydrogen-bond acceptors (Lipinski definition) is 3. The van der Waals surface area contributed by atoms with Crippen molar-refractivity contribution in [1.29, 1.82) is 0 Å². The molecule has 1 unspecified atom stereocenters. The zero-order chi connectivity index (χ0) is 16.8. The zero-order valence-electron chi connectivity index (χ0n) is 13.6. The van der Waals surface area contributed by atoms with Crippen molar-refractivity contribution in [3.63, 3.8) is 0 Å². The van der Waals surface area contributed by atoms with E-state index in [1.54, 1.807) is 30.2 Å². The van der Waals surface area contributed by atoms with Crippen molar-refractivity contribution in [1.82, 2.24) is 10.2 Å². The molecule has 1 aromatic rings. The molecule has 126 valence electrons. The average molecular weight is 339 g/mol. The summed E-state index contributed by atoms with van der Waals surface area (Å²) >= 11 is 6.20.